The monoisotopic (exact) mass is 379 g/mol. The Morgan fingerprint density at radius 1 is 0.857 bits per heavy atom. The van der Waals surface area contributed by atoms with Gasteiger partial charge in [-0.05, 0) is 44.9 Å². The topological polar surface area (TPSA) is 0 Å². The molecule has 21 heavy (non-hydrogen) atoms. The van der Waals surface area contributed by atoms with Gasteiger partial charge in [0.15, 0.2) is 0 Å². The lowest BCUT2D eigenvalue weighted by Gasteiger charge is -2.37. The summed E-state index contributed by atoms with van der Waals surface area (Å²) in [7, 11) is 2.47. The quantitative estimate of drug-likeness (QED) is 0.318. The zero-order chi connectivity index (χ0) is 14.7. The van der Waals surface area contributed by atoms with Crippen LogP contribution in [0.4, 0.5) is 0 Å². The molecular weight excluding hydrogens is 342 g/mol. The van der Waals surface area contributed by atoms with Gasteiger partial charge in [0.05, 0.1) is 26.7 Å². The van der Waals surface area contributed by atoms with Gasteiger partial charge in [0.2, 0.25) is 0 Å². The van der Waals surface area contributed by atoms with E-state index in [4.69, 9.17) is 0 Å². The maximum atomic E-state index is 4.56. The SMILES string of the molecule is CCC(S)CCCCCCCCC[N+]1(C)CCCCC1.[Br-]. The van der Waals surface area contributed by atoms with Crippen LogP contribution >= 0.6 is 12.6 Å². The van der Waals surface area contributed by atoms with E-state index >= 15 is 0 Å². The third kappa shape index (κ3) is 11.0. The molecule has 1 unspecified atom stereocenters. The second-order valence-electron chi connectivity index (χ2n) is 7.18. The fourth-order valence-corrected chi connectivity index (χ4v) is 3.64. The average Bonchev–Trinajstić information content (AvgIpc) is 2.46. The summed E-state index contributed by atoms with van der Waals surface area (Å²) in [6.07, 6.45) is 17.0. The van der Waals surface area contributed by atoms with E-state index in [-0.39, 0.29) is 17.0 Å². The molecule has 1 aliphatic heterocycles. The van der Waals surface area contributed by atoms with Crippen LogP contribution in [0.2, 0.25) is 0 Å². The number of halogens is 1. The largest absolute Gasteiger partial charge is 1.00 e. The Morgan fingerprint density at radius 3 is 1.95 bits per heavy atom. The van der Waals surface area contributed by atoms with Crippen molar-refractivity contribution in [2.45, 2.75) is 89.2 Å². The van der Waals surface area contributed by atoms with E-state index in [0.29, 0.717) is 5.25 Å². The van der Waals surface area contributed by atoms with Gasteiger partial charge >= 0.3 is 0 Å². The second kappa shape index (κ2) is 13.2. The fraction of sp³-hybridized carbons (Fsp3) is 1.00. The Hall–Kier alpha value is 0.790. The van der Waals surface area contributed by atoms with Crippen molar-refractivity contribution in [2.75, 3.05) is 26.7 Å². The second-order valence-corrected chi connectivity index (χ2v) is 7.91. The van der Waals surface area contributed by atoms with Crippen LogP contribution in [0.1, 0.15) is 84.0 Å². The summed E-state index contributed by atoms with van der Waals surface area (Å²) in [6, 6.07) is 0. The molecule has 0 aromatic rings. The highest BCUT2D eigenvalue weighted by Gasteiger charge is 2.23. The van der Waals surface area contributed by atoms with Gasteiger partial charge in [-0.15, -0.1) is 0 Å². The van der Waals surface area contributed by atoms with E-state index in [1.54, 1.807) is 0 Å². The van der Waals surface area contributed by atoms with Crippen LogP contribution in [-0.4, -0.2) is 36.4 Å². The molecule has 0 radical (unpaired) electrons. The van der Waals surface area contributed by atoms with Gasteiger partial charge in [-0.1, -0.05) is 39.0 Å². The number of thiol groups is 1. The van der Waals surface area contributed by atoms with Crippen molar-refractivity contribution in [1.29, 1.82) is 0 Å². The highest BCUT2D eigenvalue weighted by Crippen LogP contribution is 2.18. The zero-order valence-corrected chi connectivity index (χ0v) is 16.9. The Morgan fingerprint density at radius 2 is 1.38 bits per heavy atom. The molecule has 0 aliphatic carbocycles. The molecule has 3 heteroatoms. The van der Waals surface area contributed by atoms with Crippen LogP contribution in [0, 0.1) is 0 Å². The smallest absolute Gasteiger partial charge is 0.0784 e. The van der Waals surface area contributed by atoms with Crippen molar-refractivity contribution in [3.05, 3.63) is 0 Å². The van der Waals surface area contributed by atoms with Crippen LogP contribution in [0.5, 0.6) is 0 Å². The lowest BCUT2D eigenvalue weighted by molar-refractivity contribution is -0.914. The van der Waals surface area contributed by atoms with E-state index in [1.807, 2.05) is 0 Å². The van der Waals surface area contributed by atoms with Crippen LogP contribution < -0.4 is 17.0 Å². The Kier molecular flexibility index (Phi) is 13.7. The normalized spacial score (nSPS) is 19.0. The Balaban J connectivity index is 0.00000400. The van der Waals surface area contributed by atoms with Crippen LogP contribution in [-0.2, 0) is 0 Å². The van der Waals surface area contributed by atoms with Gasteiger partial charge in [-0.25, -0.2) is 0 Å². The number of hydrogen-bond donors (Lipinski definition) is 1. The lowest BCUT2D eigenvalue weighted by Crippen LogP contribution is -3.00. The van der Waals surface area contributed by atoms with Gasteiger partial charge in [0.1, 0.15) is 0 Å². The predicted molar refractivity (Wildman–Crippen MR) is 94.6 cm³/mol. The number of unbranched alkanes of at least 4 members (excludes halogenated alkanes) is 6. The van der Waals surface area contributed by atoms with Crippen LogP contribution in [0.3, 0.4) is 0 Å². The first-order chi connectivity index (χ1) is 9.66. The number of quaternary nitrogens is 1. The molecule has 0 aromatic heterocycles. The summed E-state index contributed by atoms with van der Waals surface area (Å²) in [4.78, 5) is 0. The Labute approximate surface area is 150 Å². The highest BCUT2D eigenvalue weighted by molar-refractivity contribution is 7.80. The minimum absolute atomic E-state index is 0. The van der Waals surface area contributed by atoms with Crippen molar-refractivity contribution in [1.82, 2.24) is 0 Å². The summed E-state index contributed by atoms with van der Waals surface area (Å²) in [5, 5.41) is 0.643. The molecule has 1 aliphatic rings. The van der Waals surface area contributed by atoms with Crippen molar-refractivity contribution < 1.29 is 21.5 Å². The lowest BCUT2D eigenvalue weighted by atomic mass is 10.0. The van der Waals surface area contributed by atoms with E-state index in [0.717, 1.165) is 0 Å². The zero-order valence-electron chi connectivity index (χ0n) is 14.5. The van der Waals surface area contributed by atoms with Gasteiger partial charge in [0.25, 0.3) is 0 Å². The number of hydrogen-bond acceptors (Lipinski definition) is 1. The molecule has 1 heterocycles. The molecule has 0 N–H and O–H groups in total. The molecule has 0 spiro atoms. The van der Waals surface area contributed by atoms with E-state index in [2.05, 4.69) is 26.6 Å². The van der Waals surface area contributed by atoms with Gasteiger partial charge < -0.3 is 21.5 Å². The van der Waals surface area contributed by atoms with E-state index in [1.165, 1.54) is 101 Å². The van der Waals surface area contributed by atoms with Crippen LogP contribution in [0.25, 0.3) is 0 Å². The molecule has 0 aromatic carbocycles. The molecule has 0 saturated carbocycles. The van der Waals surface area contributed by atoms with Gasteiger partial charge in [-0.2, -0.15) is 12.6 Å². The first-order valence-electron chi connectivity index (χ1n) is 9.18. The van der Waals surface area contributed by atoms with Crippen LogP contribution in [0.15, 0.2) is 0 Å². The average molecular weight is 380 g/mol. The number of likely N-dealkylation sites (tertiary alicyclic amines) is 1. The molecule has 1 atom stereocenters. The van der Waals surface area contributed by atoms with Gasteiger partial charge in [-0.3, -0.25) is 0 Å². The molecule has 0 bridgehead atoms. The first-order valence-corrected chi connectivity index (χ1v) is 9.69. The predicted octanol–water partition coefficient (Wildman–Crippen LogP) is 2.45. The summed E-state index contributed by atoms with van der Waals surface area (Å²) in [5.41, 5.74) is 0. The van der Waals surface area contributed by atoms with E-state index < -0.39 is 0 Å². The van der Waals surface area contributed by atoms with Crippen molar-refractivity contribution in [3.8, 4) is 0 Å². The molecule has 1 fully saturated rings. The third-order valence-corrected chi connectivity index (χ3v) is 5.73. The van der Waals surface area contributed by atoms with Crippen molar-refractivity contribution >= 4 is 12.6 Å². The molecule has 1 rings (SSSR count). The summed E-state index contributed by atoms with van der Waals surface area (Å²) < 4.78 is 1.36. The third-order valence-electron chi connectivity index (χ3n) is 5.10. The van der Waals surface area contributed by atoms with Crippen molar-refractivity contribution in [3.63, 3.8) is 0 Å². The highest BCUT2D eigenvalue weighted by atomic mass is 79.9. The molecule has 128 valence electrons. The standard InChI is InChI=1S/C18H37NS.BrH/c1-3-18(20)14-10-7-5-4-6-8-11-15-19(2)16-12-9-13-17-19;/h18H,3-17H2,1-2H3;1H. The van der Waals surface area contributed by atoms with Crippen molar-refractivity contribution in [2.24, 2.45) is 0 Å². The molecule has 0 amide bonds. The maximum Gasteiger partial charge on any atom is 0.0784 e. The molecule has 1 saturated heterocycles. The number of nitrogens with zero attached hydrogens (tertiary/aromatic N) is 1. The molecule has 1 nitrogen and oxygen atoms in total. The fourth-order valence-electron chi connectivity index (χ4n) is 3.46. The summed E-state index contributed by atoms with van der Waals surface area (Å²) >= 11 is 4.56. The number of piperidine rings is 1. The summed E-state index contributed by atoms with van der Waals surface area (Å²) in [6.45, 7) is 6.53. The minimum atomic E-state index is 0. The minimum Gasteiger partial charge on any atom is -1.00 e. The molecular formula is C18H38BrNS. The van der Waals surface area contributed by atoms with Gasteiger partial charge in [0, 0.05) is 5.25 Å². The van der Waals surface area contributed by atoms with E-state index in [9.17, 15) is 0 Å². The number of rotatable bonds is 11. The first kappa shape index (κ1) is 21.8. The summed E-state index contributed by atoms with van der Waals surface area (Å²) in [5.74, 6) is 0. The maximum absolute atomic E-state index is 4.56. The Bertz CT molecular complexity index is 229.